The largest absolute Gasteiger partial charge is 0.360 e. The zero-order chi connectivity index (χ0) is 21.9. The smallest absolute Gasteiger partial charge is 0.275 e. The van der Waals surface area contributed by atoms with Crippen LogP contribution in [0, 0.1) is 0 Å². The van der Waals surface area contributed by atoms with Gasteiger partial charge in [-0.1, -0.05) is 59.8 Å². The van der Waals surface area contributed by atoms with Gasteiger partial charge in [0.05, 0.1) is 32.2 Å². The molecule has 2 heterocycles. The second kappa shape index (κ2) is 9.57. The lowest BCUT2D eigenvalue weighted by molar-refractivity contribution is -0.892. The van der Waals surface area contributed by atoms with Crippen molar-refractivity contribution < 1.29 is 9.69 Å². The molecule has 3 aromatic carbocycles. The molecule has 2 N–H and O–H groups in total. The summed E-state index contributed by atoms with van der Waals surface area (Å²) in [5.41, 5.74) is 3.63. The summed E-state index contributed by atoms with van der Waals surface area (Å²) >= 11 is 8.03. The third-order valence-corrected chi connectivity index (χ3v) is 7.74. The standard InChI is InChI=1S/C26H26ClN3OS/c27-20-10-11-24-19(16-20)17-23(22-8-4-5-9-25(22)32-24)28-26(31)18-29-12-14-30(15-13-29)21-6-2-1-3-7-21/h1-11,16,23H,12-15,17-18H2,(H,28,31)/p+1/t23-/m0/s1. The van der Waals surface area contributed by atoms with Crippen molar-refractivity contribution in [3.63, 3.8) is 0 Å². The number of nitrogens with one attached hydrogen (secondary N) is 2. The van der Waals surface area contributed by atoms with Crippen molar-refractivity contribution in [3.8, 4) is 0 Å². The number of hydrogen-bond acceptors (Lipinski definition) is 3. The fourth-order valence-corrected chi connectivity index (χ4v) is 5.93. The summed E-state index contributed by atoms with van der Waals surface area (Å²) in [5.74, 6) is 0.114. The second-order valence-electron chi connectivity index (χ2n) is 8.47. The number of quaternary nitrogens is 1. The van der Waals surface area contributed by atoms with Crippen LogP contribution in [0.15, 0.2) is 82.6 Å². The van der Waals surface area contributed by atoms with Crippen LogP contribution in [0.25, 0.3) is 0 Å². The number of hydrogen-bond donors (Lipinski definition) is 2. The van der Waals surface area contributed by atoms with Gasteiger partial charge in [0.25, 0.3) is 5.91 Å². The first-order chi connectivity index (χ1) is 15.7. The minimum Gasteiger partial charge on any atom is -0.360 e. The van der Waals surface area contributed by atoms with Crippen LogP contribution in [-0.2, 0) is 11.2 Å². The van der Waals surface area contributed by atoms with E-state index in [1.54, 1.807) is 11.8 Å². The number of carbonyl (C=O) groups is 1. The Kier molecular flexibility index (Phi) is 6.39. The highest BCUT2D eigenvalue weighted by Gasteiger charge is 2.27. The summed E-state index contributed by atoms with van der Waals surface area (Å²) in [6, 6.07) is 24.9. The first-order valence-corrected chi connectivity index (χ1v) is 12.3. The Hall–Kier alpha value is -2.47. The average Bonchev–Trinajstić information content (AvgIpc) is 2.96. The minimum atomic E-state index is -0.0454. The van der Waals surface area contributed by atoms with Crippen molar-refractivity contribution in [1.82, 2.24) is 5.32 Å². The molecule has 0 aromatic heterocycles. The van der Waals surface area contributed by atoms with E-state index in [4.69, 9.17) is 11.6 Å². The molecule has 2 aliphatic heterocycles. The Bertz CT molecular complexity index is 1100. The van der Waals surface area contributed by atoms with Gasteiger partial charge in [-0.25, -0.2) is 0 Å². The Morgan fingerprint density at radius 2 is 1.75 bits per heavy atom. The summed E-state index contributed by atoms with van der Waals surface area (Å²) in [7, 11) is 0. The number of halogens is 1. The number of carbonyl (C=O) groups excluding carboxylic acids is 1. The first-order valence-electron chi connectivity index (χ1n) is 11.1. The number of nitrogens with zero attached hydrogens (tertiary/aromatic N) is 1. The van der Waals surface area contributed by atoms with Crippen molar-refractivity contribution in [1.29, 1.82) is 0 Å². The van der Waals surface area contributed by atoms with E-state index in [2.05, 4.69) is 64.8 Å². The Morgan fingerprint density at radius 3 is 2.56 bits per heavy atom. The molecule has 0 unspecified atom stereocenters. The molecule has 32 heavy (non-hydrogen) atoms. The molecule has 6 heteroatoms. The van der Waals surface area contributed by atoms with Gasteiger partial charge in [-0.3, -0.25) is 4.79 Å². The minimum absolute atomic E-state index is 0.0454. The lowest BCUT2D eigenvalue weighted by atomic mass is 9.99. The number of amides is 1. The molecule has 0 spiro atoms. The summed E-state index contributed by atoms with van der Waals surface area (Å²) < 4.78 is 0. The van der Waals surface area contributed by atoms with Gasteiger partial charge in [0.2, 0.25) is 0 Å². The summed E-state index contributed by atoms with van der Waals surface area (Å²) in [6.45, 7) is 4.40. The van der Waals surface area contributed by atoms with Crippen LogP contribution in [0.1, 0.15) is 17.2 Å². The van der Waals surface area contributed by atoms with E-state index >= 15 is 0 Å². The zero-order valence-corrected chi connectivity index (χ0v) is 19.5. The number of anilines is 1. The highest BCUT2D eigenvalue weighted by atomic mass is 35.5. The third-order valence-electron chi connectivity index (χ3n) is 6.30. The van der Waals surface area contributed by atoms with Crippen molar-refractivity contribution in [2.45, 2.75) is 22.3 Å². The van der Waals surface area contributed by atoms with E-state index in [0.717, 1.165) is 37.6 Å². The normalized spacial score (nSPS) is 18.4. The Morgan fingerprint density at radius 1 is 1.00 bits per heavy atom. The highest BCUT2D eigenvalue weighted by Crippen LogP contribution is 2.41. The van der Waals surface area contributed by atoms with Gasteiger partial charge in [0.15, 0.2) is 6.54 Å². The molecule has 164 valence electrons. The molecule has 1 fully saturated rings. The molecule has 0 aliphatic carbocycles. The molecule has 1 amide bonds. The monoisotopic (exact) mass is 464 g/mol. The first kappa shape index (κ1) is 21.4. The molecule has 1 saturated heterocycles. The van der Waals surface area contributed by atoms with Crippen LogP contribution >= 0.6 is 23.4 Å². The number of para-hydroxylation sites is 1. The van der Waals surface area contributed by atoms with Gasteiger partial charge in [0.1, 0.15) is 0 Å². The maximum Gasteiger partial charge on any atom is 0.275 e. The molecule has 2 aliphatic rings. The van der Waals surface area contributed by atoms with Gasteiger partial charge in [0, 0.05) is 20.5 Å². The lowest BCUT2D eigenvalue weighted by Crippen LogP contribution is -3.16. The number of rotatable bonds is 4. The van der Waals surface area contributed by atoms with Crippen molar-refractivity contribution in [2.75, 3.05) is 37.6 Å². The van der Waals surface area contributed by atoms with Crippen LogP contribution in [-0.4, -0.2) is 38.6 Å². The molecule has 3 aromatic rings. The Labute approximate surface area is 198 Å². The molecule has 4 nitrogen and oxygen atoms in total. The maximum absolute atomic E-state index is 13.1. The molecule has 0 saturated carbocycles. The van der Waals surface area contributed by atoms with Crippen molar-refractivity contribution in [3.05, 3.63) is 88.9 Å². The molecular weight excluding hydrogens is 438 g/mol. The predicted molar refractivity (Wildman–Crippen MR) is 131 cm³/mol. The Balaban J connectivity index is 1.25. The maximum atomic E-state index is 13.1. The summed E-state index contributed by atoms with van der Waals surface area (Å²) in [5, 5.41) is 4.07. The lowest BCUT2D eigenvalue weighted by Gasteiger charge is -2.33. The zero-order valence-electron chi connectivity index (χ0n) is 17.9. The highest BCUT2D eigenvalue weighted by molar-refractivity contribution is 7.99. The van der Waals surface area contributed by atoms with E-state index in [1.165, 1.54) is 31.5 Å². The van der Waals surface area contributed by atoms with Crippen LogP contribution in [0.5, 0.6) is 0 Å². The van der Waals surface area contributed by atoms with Crippen LogP contribution in [0.2, 0.25) is 5.02 Å². The van der Waals surface area contributed by atoms with Gasteiger partial charge in [-0.2, -0.15) is 0 Å². The fourth-order valence-electron chi connectivity index (χ4n) is 4.61. The molecule has 5 rings (SSSR count). The van der Waals surface area contributed by atoms with E-state index in [9.17, 15) is 4.79 Å². The van der Waals surface area contributed by atoms with Crippen molar-refractivity contribution >= 4 is 35.0 Å². The van der Waals surface area contributed by atoms with Crippen LogP contribution in [0.3, 0.4) is 0 Å². The van der Waals surface area contributed by atoms with Gasteiger partial charge in [-0.05, 0) is 53.9 Å². The molecular formula is C26H27ClN3OS+. The topological polar surface area (TPSA) is 36.8 Å². The SMILES string of the molecule is O=C(C[NH+]1CCN(c2ccccc2)CC1)N[C@H]1Cc2cc(Cl)ccc2Sc2ccccc21. The van der Waals surface area contributed by atoms with E-state index in [1.807, 2.05) is 18.2 Å². The molecule has 0 radical (unpaired) electrons. The third kappa shape index (κ3) is 4.80. The average molecular weight is 465 g/mol. The van der Waals surface area contributed by atoms with Crippen LogP contribution < -0.4 is 15.1 Å². The number of piperazine rings is 1. The van der Waals surface area contributed by atoms with Crippen molar-refractivity contribution in [2.24, 2.45) is 0 Å². The van der Waals surface area contributed by atoms with Gasteiger partial charge < -0.3 is 15.1 Å². The number of fused-ring (bicyclic) bond motifs is 2. The summed E-state index contributed by atoms with van der Waals surface area (Å²) in [4.78, 5) is 19.2. The van der Waals surface area contributed by atoms with Gasteiger partial charge in [-0.15, -0.1) is 0 Å². The van der Waals surface area contributed by atoms with Gasteiger partial charge >= 0.3 is 0 Å². The predicted octanol–water partition coefficient (Wildman–Crippen LogP) is 3.61. The van der Waals surface area contributed by atoms with E-state index in [0.29, 0.717) is 6.54 Å². The molecule has 1 atom stereocenters. The summed E-state index contributed by atoms with van der Waals surface area (Å²) in [6.07, 6.45) is 0.753. The number of benzene rings is 3. The molecule has 0 bridgehead atoms. The van der Waals surface area contributed by atoms with E-state index in [-0.39, 0.29) is 11.9 Å². The fraction of sp³-hybridized carbons (Fsp3) is 0.269. The van der Waals surface area contributed by atoms with E-state index < -0.39 is 0 Å². The second-order valence-corrected chi connectivity index (χ2v) is 9.99. The van der Waals surface area contributed by atoms with Crippen LogP contribution in [0.4, 0.5) is 5.69 Å². The quantitative estimate of drug-likeness (QED) is 0.619.